The summed E-state index contributed by atoms with van der Waals surface area (Å²) in [4.78, 5) is 35.4. The zero-order valence-corrected chi connectivity index (χ0v) is 11.3. The van der Waals surface area contributed by atoms with Crippen molar-refractivity contribution >= 4 is 11.7 Å². The van der Waals surface area contributed by atoms with Gasteiger partial charge < -0.3 is 5.32 Å². The fraction of sp³-hybridized carbons (Fsp3) is 0.0769. The molecule has 0 aliphatic heterocycles. The lowest BCUT2D eigenvalue weighted by molar-refractivity contribution is -0.117. The zero-order chi connectivity index (χ0) is 15.4. The minimum absolute atomic E-state index is 0.190. The van der Waals surface area contributed by atoms with Gasteiger partial charge in [-0.1, -0.05) is 0 Å². The number of rotatable bonds is 4. The van der Waals surface area contributed by atoms with E-state index >= 15 is 0 Å². The molecule has 1 N–H and O–H groups in total. The Morgan fingerprint density at radius 3 is 2.95 bits per heavy atom. The van der Waals surface area contributed by atoms with Gasteiger partial charge in [0.15, 0.2) is 0 Å². The number of nitrogens with one attached hydrogen (secondary N) is 1. The van der Waals surface area contributed by atoms with Crippen molar-refractivity contribution in [2.75, 3.05) is 5.32 Å². The molecule has 0 saturated carbocycles. The Hall–Kier alpha value is -3.36. The molecule has 110 valence electrons. The van der Waals surface area contributed by atoms with Crippen LogP contribution in [0.4, 0.5) is 5.82 Å². The largest absolute Gasteiger partial charge is 0.309 e. The standard InChI is InChI=1S/C13H11N7O2/c21-12(7-20-13(22)2-1-3-17-20)18-10-6-11(16-8-15-10)19-5-4-14-9-19/h1-6,8-9H,7H2,(H,15,16,18,21). The highest BCUT2D eigenvalue weighted by Crippen LogP contribution is 2.08. The van der Waals surface area contributed by atoms with Gasteiger partial charge in [-0.3, -0.25) is 14.2 Å². The molecule has 0 unspecified atom stereocenters. The zero-order valence-electron chi connectivity index (χ0n) is 11.3. The Balaban J connectivity index is 1.73. The van der Waals surface area contributed by atoms with Crippen LogP contribution >= 0.6 is 0 Å². The van der Waals surface area contributed by atoms with Gasteiger partial charge >= 0.3 is 0 Å². The van der Waals surface area contributed by atoms with Crippen molar-refractivity contribution in [2.45, 2.75) is 6.54 Å². The lowest BCUT2D eigenvalue weighted by atomic mass is 10.4. The highest BCUT2D eigenvalue weighted by Gasteiger charge is 2.07. The first-order valence-corrected chi connectivity index (χ1v) is 6.35. The molecule has 0 radical (unpaired) electrons. The molecule has 3 aromatic rings. The van der Waals surface area contributed by atoms with Gasteiger partial charge in [0.05, 0.1) is 0 Å². The monoisotopic (exact) mass is 297 g/mol. The van der Waals surface area contributed by atoms with Crippen LogP contribution in [-0.4, -0.2) is 35.2 Å². The van der Waals surface area contributed by atoms with E-state index in [0.29, 0.717) is 11.6 Å². The first kappa shape index (κ1) is 13.6. The number of hydrogen-bond acceptors (Lipinski definition) is 6. The summed E-state index contributed by atoms with van der Waals surface area (Å²) in [6, 6.07) is 4.45. The molecule has 0 aromatic carbocycles. The van der Waals surface area contributed by atoms with Crippen molar-refractivity contribution < 1.29 is 4.79 Å². The van der Waals surface area contributed by atoms with Gasteiger partial charge in [0, 0.05) is 30.7 Å². The van der Waals surface area contributed by atoms with Crippen molar-refractivity contribution in [3.63, 3.8) is 0 Å². The van der Waals surface area contributed by atoms with Crippen molar-refractivity contribution in [3.8, 4) is 5.82 Å². The molecule has 0 aliphatic carbocycles. The molecule has 1 amide bonds. The highest BCUT2D eigenvalue weighted by molar-refractivity contribution is 5.89. The number of carbonyl (C=O) groups is 1. The SMILES string of the molecule is O=C(Cn1ncccc1=O)Nc1cc(-n2ccnc2)ncn1. The number of nitrogens with zero attached hydrogens (tertiary/aromatic N) is 6. The number of aromatic nitrogens is 6. The average Bonchev–Trinajstić information content (AvgIpc) is 3.04. The lowest BCUT2D eigenvalue weighted by Crippen LogP contribution is -2.28. The van der Waals surface area contributed by atoms with E-state index in [0.717, 1.165) is 4.68 Å². The van der Waals surface area contributed by atoms with Crippen molar-refractivity contribution in [2.24, 2.45) is 0 Å². The van der Waals surface area contributed by atoms with Crippen molar-refractivity contribution in [1.29, 1.82) is 0 Å². The summed E-state index contributed by atoms with van der Waals surface area (Å²) < 4.78 is 2.74. The summed E-state index contributed by atoms with van der Waals surface area (Å²) >= 11 is 0. The van der Waals surface area contributed by atoms with E-state index in [-0.39, 0.29) is 12.1 Å². The number of hydrogen-bond donors (Lipinski definition) is 1. The van der Waals surface area contributed by atoms with Crippen LogP contribution in [0.2, 0.25) is 0 Å². The van der Waals surface area contributed by atoms with Crippen LogP contribution in [0.1, 0.15) is 0 Å². The van der Waals surface area contributed by atoms with E-state index in [9.17, 15) is 9.59 Å². The summed E-state index contributed by atoms with van der Waals surface area (Å²) in [7, 11) is 0. The summed E-state index contributed by atoms with van der Waals surface area (Å²) in [5, 5.41) is 6.41. The number of imidazole rings is 1. The van der Waals surface area contributed by atoms with E-state index in [1.165, 1.54) is 24.7 Å². The van der Waals surface area contributed by atoms with E-state index in [1.807, 2.05) is 0 Å². The van der Waals surface area contributed by atoms with Gasteiger partial charge in [-0.05, 0) is 6.07 Å². The maximum atomic E-state index is 11.9. The van der Waals surface area contributed by atoms with Crippen LogP contribution in [0.3, 0.4) is 0 Å². The molecule has 0 saturated heterocycles. The molecular formula is C13H11N7O2. The fourth-order valence-electron chi connectivity index (χ4n) is 1.78. The maximum Gasteiger partial charge on any atom is 0.267 e. The highest BCUT2D eigenvalue weighted by atomic mass is 16.2. The van der Waals surface area contributed by atoms with E-state index in [1.54, 1.807) is 29.4 Å². The topological polar surface area (TPSA) is 108 Å². The fourth-order valence-corrected chi connectivity index (χ4v) is 1.78. The number of amides is 1. The molecule has 0 fully saturated rings. The van der Waals surface area contributed by atoms with Gasteiger partial charge in [0.2, 0.25) is 5.91 Å². The first-order chi connectivity index (χ1) is 10.7. The molecule has 3 heterocycles. The van der Waals surface area contributed by atoms with Gasteiger partial charge in [-0.15, -0.1) is 0 Å². The third-order valence-electron chi connectivity index (χ3n) is 2.77. The summed E-state index contributed by atoms with van der Waals surface area (Å²) in [6.45, 7) is -0.190. The van der Waals surface area contributed by atoms with Gasteiger partial charge in [-0.2, -0.15) is 5.10 Å². The van der Waals surface area contributed by atoms with Crippen LogP contribution in [0, 0.1) is 0 Å². The Morgan fingerprint density at radius 1 is 1.27 bits per heavy atom. The molecular weight excluding hydrogens is 286 g/mol. The van der Waals surface area contributed by atoms with E-state index in [4.69, 9.17) is 0 Å². The Labute approximate surface area is 124 Å². The van der Waals surface area contributed by atoms with Crippen LogP contribution in [-0.2, 0) is 11.3 Å². The maximum absolute atomic E-state index is 11.9. The van der Waals surface area contributed by atoms with Crippen molar-refractivity contribution in [1.82, 2.24) is 29.3 Å². The second-order valence-corrected chi connectivity index (χ2v) is 4.30. The quantitative estimate of drug-likeness (QED) is 0.718. The van der Waals surface area contributed by atoms with E-state index in [2.05, 4.69) is 25.4 Å². The number of anilines is 1. The molecule has 22 heavy (non-hydrogen) atoms. The van der Waals surface area contributed by atoms with Gasteiger partial charge in [0.25, 0.3) is 5.56 Å². The Morgan fingerprint density at radius 2 is 2.18 bits per heavy atom. The predicted molar refractivity (Wildman–Crippen MR) is 76.3 cm³/mol. The molecule has 0 atom stereocenters. The van der Waals surface area contributed by atoms with Crippen LogP contribution < -0.4 is 10.9 Å². The van der Waals surface area contributed by atoms with Crippen LogP contribution in [0.5, 0.6) is 0 Å². The van der Waals surface area contributed by atoms with Crippen LogP contribution in [0.15, 0.2) is 54.2 Å². The van der Waals surface area contributed by atoms with E-state index < -0.39 is 5.91 Å². The normalized spacial score (nSPS) is 10.4. The minimum Gasteiger partial charge on any atom is -0.309 e. The second-order valence-electron chi connectivity index (χ2n) is 4.30. The molecule has 3 rings (SSSR count). The molecule has 0 bridgehead atoms. The predicted octanol–water partition coefficient (Wildman–Crippen LogP) is -0.142. The van der Waals surface area contributed by atoms with Crippen LogP contribution in [0.25, 0.3) is 5.82 Å². The van der Waals surface area contributed by atoms with Gasteiger partial charge in [0.1, 0.15) is 30.8 Å². The summed E-state index contributed by atoms with van der Waals surface area (Å²) in [6.07, 6.45) is 7.70. The Kier molecular flexibility index (Phi) is 3.69. The third kappa shape index (κ3) is 3.03. The molecule has 9 heteroatoms. The third-order valence-corrected chi connectivity index (χ3v) is 2.77. The summed E-state index contributed by atoms with van der Waals surface area (Å²) in [5.74, 6) is 0.488. The minimum atomic E-state index is -0.406. The molecule has 9 nitrogen and oxygen atoms in total. The average molecular weight is 297 g/mol. The molecule has 3 aromatic heterocycles. The lowest BCUT2D eigenvalue weighted by Gasteiger charge is -2.07. The molecule has 0 aliphatic rings. The van der Waals surface area contributed by atoms with Crippen molar-refractivity contribution in [3.05, 3.63) is 59.8 Å². The Bertz CT molecular complexity index is 841. The number of carbonyl (C=O) groups excluding carboxylic acids is 1. The molecule has 0 spiro atoms. The first-order valence-electron chi connectivity index (χ1n) is 6.35. The second kappa shape index (κ2) is 5.95. The summed E-state index contributed by atoms with van der Waals surface area (Å²) in [5.41, 5.74) is -0.348. The smallest absolute Gasteiger partial charge is 0.267 e. The van der Waals surface area contributed by atoms with Gasteiger partial charge in [-0.25, -0.2) is 19.6 Å².